The van der Waals surface area contributed by atoms with Gasteiger partial charge in [0.05, 0.1) is 18.9 Å². The largest absolute Gasteiger partial charge is 0.481 e. The molecule has 1 unspecified atom stereocenters. The van der Waals surface area contributed by atoms with Crippen molar-refractivity contribution in [3.05, 3.63) is 12.2 Å². The van der Waals surface area contributed by atoms with Crippen LogP contribution in [0.25, 0.3) is 0 Å². The van der Waals surface area contributed by atoms with E-state index in [1.165, 1.54) is 141 Å². The van der Waals surface area contributed by atoms with Crippen molar-refractivity contribution in [2.24, 2.45) is 5.92 Å². The lowest BCUT2D eigenvalue weighted by Gasteiger charge is -2.13. The highest BCUT2D eigenvalue weighted by Gasteiger charge is 2.22. The van der Waals surface area contributed by atoms with Crippen LogP contribution in [0.2, 0.25) is 0 Å². The maximum absolute atomic E-state index is 12.0. The molecule has 230 valence electrons. The molecule has 0 spiro atoms. The highest BCUT2D eigenvalue weighted by Crippen LogP contribution is 2.18. The third kappa shape index (κ3) is 29.5. The predicted molar refractivity (Wildman–Crippen MR) is 167 cm³/mol. The molecule has 0 aromatic rings. The topological polar surface area (TPSA) is 63.6 Å². The fourth-order valence-electron chi connectivity index (χ4n) is 5.24. The summed E-state index contributed by atoms with van der Waals surface area (Å²) in [5.74, 6) is -1.74. The van der Waals surface area contributed by atoms with Gasteiger partial charge in [0.2, 0.25) is 0 Å². The molecule has 0 radical (unpaired) electrons. The van der Waals surface area contributed by atoms with E-state index in [1.54, 1.807) is 0 Å². The Morgan fingerprint density at radius 3 is 1.33 bits per heavy atom. The Bertz CT molecular complexity index is 557. The molecule has 0 saturated carbocycles. The van der Waals surface area contributed by atoms with E-state index in [-0.39, 0.29) is 12.4 Å². The van der Waals surface area contributed by atoms with E-state index in [1.807, 2.05) is 6.92 Å². The molecule has 0 amide bonds. The van der Waals surface area contributed by atoms with Crippen LogP contribution in [0.3, 0.4) is 0 Å². The first kappa shape index (κ1) is 37.7. The van der Waals surface area contributed by atoms with E-state index in [4.69, 9.17) is 9.84 Å². The van der Waals surface area contributed by atoms with Crippen LogP contribution in [0, 0.1) is 5.92 Å². The fourth-order valence-corrected chi connectivity index (χ4v) is 5.24. The maximum Gasteiger partial charge on any atom is 0.309 e. The highest BCUT2D eigenvalue weighted by molar-refractivity contribution is 5.79. The molecule has 1 atom stereocenters. The Labute approximate surface area is 243 Å². The first-order valence-corrected chi connectivity index (χ1v) is 17.1. The van der Waals surface area contributed by atoms with Crippen LogP contribution in [0.1, 0.15) is 187 Å². The summed E-state index contributed by atoms with van der Waals surface area (Å²) in [7, 11) is 0. The fraction of sp³-hybridized carbons (Fsp3) is 0.886. The average Bonchev–Trinajstić information content (AvgIpc) is 2.92. The smallest absolute Gasteiger partial charge is 0.309 e. The molecule has 0 fully saturated rings. The summed E-state index contributed by atoms with van der Waals surface area (Å²) in [5.41, 5.74) is 0. The van der Waals surface area contributed by atoms with Crippen molar-refractivity contribution >= 4 is 11.9 Å². The van der Waals surface area contributed by atoms with Gasteiger partial charge in [-0.1, -0.05) is 154 Å². The summed E-state index contributed by atoms with van der Waals surface area (Å²) in [5, 5.41) is 9.05. The van der Waals surface area contributed by atoms with Crippen LogP contribution in [0.5, 0.6) is 0 Å². The lowest BCUT2D eigenvalue weighted by atomic mass is 9.97. The van der Waals surface area contributed by atoms with Gasteiger partial charge in [-0.15, -0.1) is 0 Å². The van der Waals surface area contributed by atoms with Gasteiger partial charge in [-0.2, -0.15) is 0 Å². The summed E-state index contributed by atoms with van der Waals surface area (Å²) in [6, 6.07) is 0. The normalized spacial score (nSPS) is 12.3. The molecule has 0 aliphatic rings. The second-order valence-corrected chi connectivity index (χ2v) is 11.7. The third-order valence-electron chi connectivity index (χ3n) is 7.77. The minimum atomic E-state index is -0.915. The SMILES string of the molecule is CCCCCC/C=C/CCCCCCCCCCCCCCCCCCCCC(CC(=O)O)C(=O)OCCC. The zero-order chi connectivity index (χ0) is 28.7. The number of hydrogen-bond donors (Lipinski definition) is 1. The van der Waals surface area contributed by atoms with E-state index in [2.05, 4.69) is 19.1 Å². The molecule has 0 saturated heterocycles. The Morgan fingerprint density at radius 2 is 0.949 bits per heavy atom. The molecule has 0 bridgehead atoms. The van der Waals surface area contributed by atoms with Gasteiger partial charge in [-0.05, 0) is 38.5 Å². The summed E-state index contributed by atoms with van der Waals surface area (Å²) in [4.78, 5) is 23.0. The van der Waals surface area contributed by atoms with E-state index >= 15 is 0 Å². The van der Waals surface area contributed by atoms with Gasteiger partial charge in [0.25, 0.3) is 0 Å². The Morgan fingerprint density at radius 1 is 0.564 bits per heavy atom. The molecule has 0 heterocycles. The van der Waals surface area contributed by atoms with E-state index < -0.39 is 11.9 Å². The zero-order valence-electron chi connectivity index (χ0n) is 26.2. The van der Waals surface area contributed by atoms with Crippen molar-refractivity contribution in [3.8, 4) is 0 Å². The second kappa shape index (κ2) is 31.2. The number of unbranched alkanes of at least 4 members (excludes halogenated alkanes) is 22. The molecule has 39 heavy (non-hydrogen) atoms. The lowest BCUT2D eigenvalue weighted by molar-refractivity contribution is -0.153. The van der Waals surface area contributed by atoms with Crippen LogP contribution >= 0.6 is 0 Å². The number of allylic oxidation sites excluding steroid dienone is 2. The minimum absolute atomic E-state index is 0.111. The van der Waals surface area contributed by atoms with Gasteiger partial charge in [0.15, 0.2) is 0 Å². The van der Waals surface area contributed by atoms with Crippen molar-refractivity contribution in [2.45, 2.75) is 187 Å². The Kier molecular flexibility index (Phi) is 30.2. The maximum atomic E-state index is 12.0. The molecule has 1 N–H and O–H groups in total. The molecule has 0 rings (SSSR count). The van der Waals surface area contributed by atoms with Crippen molar-refractivity contribution in [1.29, 1.82) is 0 Å². The number of carboxylic acids is 1. The van der Waals surface area contributed by atoms with Crippen LogP contribution in [0.4, 0.5) is 0 Å². The minimum Gasteiger partial charge on any atom is -0.481 e. The Hall–Kier alpha value is -1.32. The first-order valence-electron chi connectivity index (χ1n) is 17.1. The number of hydrogen-bond acceptors (Lipinski definition) is 3. The van der Waals surface area contributed by atoms with Crippen LogP contribution in [-0.4, -0.2) is 23.7 Å². The molecule has 0 aromatic heterocycles. The monoisotopic (exact) mass is 550 g/mol. The molecule has 0 aliphatic heterocycles. The number of carboxylic acid groups (broad SMARTS) is 1. The van der Waals surface area contributed by atoms with Crippen LogP contribution in [-0.2, 0) is 14.3 Å². The number of rotatable bonds is 31. The summed E-state index contributed by atoms with van der Waals surface area (Å²) in [6.45, 7) is 4.60. The predicted octanol–water partition coefficient (Wildman–Crippen LogP) is 11.4. The van der Waals surface area contributed by atoms with Gasteiger partial charge in [0, 0.05) is 0 Å². The molecular weight excluding hydrogens is 484 g/mol. The lowest BCUT2D eigenvalue weighted by Crippen LogP contribution is -2.21. The van der Waals surface area contributed by atoms with Crippen molar-refractivity contribution in [2.75, 3.05) is 6.61 Å². The van der Waals surface area contributed by atoms with E-state index in [9.17, 15) is 9.59 Å². The summed E-state index contributed by atoms with van der Waals surface area (Å²) in [6.07, 6.45) is 38.0. The summed E-state index contributed by atoms with van der Waals surface area (Å²) >= 11 is 0. The molecule has 4 nitrogen and oxygen atoms in total. The van der Waals surface area contributed by atoms with Gasteiger partial charge < -0.3 is 9.84 Å². The van der Waals surface area contributed by atoms with Crippen LogP contribution in [0.15, 0.2) is 12.2 Å². The second-order valence-electron chi connectivity index (χ2n) is 11.7. The van der Waals surface area contributed by atoms with Crippen molar-refractivity contribution in [3.63, 3.8) is 0 Å². The average molecular weight is 551 g/mol. The first-order chi connectivity index (χ1) is 19.1. The van der Waals surface area contributed by atoms with Crippen molar-refractivity contribution in [1.82, 2.24) is 0 Å². The molecular formula is C35H66O4. The van der Waals surface area contributed by atoms with Gasteiger partial charge in [0.1, 0.15) is 0 Å². The molecule has 4 heteroatoms. The van der Waals surface area contributed by atoms with Gasteiger partial charge >= 0.3 is 11.9 Å². The van der Waals surface area contributed by atoms with Crippen molar-refractivity contribution < 1.29 is 19.4 Å². The van der Waals surface area contributed by atoms with Gasteiger partial charge in [-0.3, -0.25) is 9.59 Å². The van der Waals surface area contributed by atoms with Gasteiger partial charge in [-0.25, -0.2) is 0 Å². The highest BCUT2D eigenvalue weighted by atomic mass is 16.5. The third-order valence-corrected chi connectivity index (χ3v) is 7.77. The molecule has 0 aromatic carbocycles. The Balaban J connectivity index is 3.33. The summed E-state index contributed by atoms with van der Waals surface area (Å²) < 4.78 is 5.16. The standard InChI is InChI=1S/C35H66O4/c1-3-5-6-7-8-9-10-11-12-13-14-15-16-17-18-19-20-21-22-23-24-25-26-27-28-29-30-33(32-34(36)37)35(38)39-31-4-2/h9-10,33H,3-8,11-32H2,1-2H3,(H,36,37)/b10-9+. The number of carbonyl (C=O) groups excluding carboxylic acids is 1. The number of carbonyl (C=O) groups is 2. The van der Waals surface area contributed by atoms with E-state index in [0.717, 1.165) is 19.3 Å². The number of esters is 1. The zero-order valence-corrected chi connectivity index (χ0v) is 26.2. The molecule has 0 aliphatic carbocycles. The quantitative estimate of drug-likeness (QED) is 0.0529. The number of ether oxygens (including phenoxy) is 1. The van der Waals surface area contributed by atoms with Crippen LogP contribution < -0.4 is 0 Å². The number of aliphatic carboxylic acids is 1. The van der Waals surface area contributed by atoms with E-state index in [0.29, 0.717) is 13.0 Å².